The molecule has 45 heavy (non-hydrogen) atoms. The van der Waals surface area contributed by atoms with Gasteiger partial charge in [-0.3, -0.25) is 0 Å². The second-order valence-electron chi connectivity index (χ2n) is 11.2. The lowest BCUT2D eigenvalue weighted by Crippen LogP contribution is -2.49. The monoisotopic (exact) mass is 654 g/mol. The Labute approximate surface area is 269 Å². The van der Waals surface area contributed by atoms with Crippen LogP contribution in [0.5, 0.6) is 17.2 Å². The van der Waals surface area contributed by atoms with E-state index >= 15 is 4.39 Å². The summed E-state index contributed by atoms with van der Waals surface area (Å²) in [4.78, 5) is 14.0. The molecule has 1 aromatic heterocycles. The molecule has 0 radical (unpaired) electrons. The van der Waals surface area contributed by atoms with Crippen molar-refractivity contribution < 1.29 is 32.5 Å². The van der Waals surface area contributed by atoms with Gasteiger partial charge in [0.2, 0.25) is 11.8 Å². The lowest BCUT2D eigenvalue weighted by molar-refractivity contribution is -0.0557. The number of carbonyl (C=O) groups excluding carboxylic acids is 1. The highest BCUT2D eigenvalue weighted by Crippen LogP contribution is 2.36. The highest BCUT2D eigenvalue weighted by Gasteiger charge is 2.28. The number of morpholine rings is 1. The zero-order chi connectivity index (χ0) is 32.1. The third kappa shape index (κ3) is 8.42. The number of hydrogen-bond acceptors (Lipinski definition) is 9. The topological polar surface area (TPSA) is 120 Å². The zero-order valence-corrected chi connectivity index (χ0v) is 26.2. The second kappa shape index (κ2) is 13.7. The number of carbonyl (C=O) groups is 1. The quantitative estimate of drug-likeness (QED) is 0.191. The van der Waals surface area contributed by atoms with Gasteiger partial charge in [-0.2, -0.15) is 5.26 Å². The number of ether oxygens (including phenoxy) is 4. The largest absolute Gasteiger partial charge is 0.491 e. The first-order chi connectivity index (χ1) is 21.5. The Kier molecular flexibility index (Phi) is 9.77. The van der Waals surface area contributed by atoms with Crippen LogP contribution < -0.4 is 9.47 Å². The minimum absolute atomic E-state index is 0.0196. The highest BCUT2D eigenvalue weighted by molar-refractivity contribution is 6.32. The van der Waals surface area contributed by atoms with Crippen LogP contribution in [0.2, 0.25) is 10.0 Å². The summed E-state index contributed by atoms with van der Waals surface area (Å²) in [5, 5.41) is 17.6. The van der Waals surface area contributed by atoms with Crippen molar-refractivity contribution in [1.29, 1.82) is 5.26 Å². The van der Waals surface area contributed by atoms with Gasteiger partial charge in [0.15, 0.2) is 11.6 Å². The van der Waals surface area contributed by atoms with Crippen LogP contribution in [-0.2, 0) is 15.9 Å². The third-order valence-electron chi connectivity index (χ3n) is 6.49. The molecule has 5 rings (SSSR count). The number of nitrogens with zero attached hydrogens (tertiary/aromatic N) is 4. The lowest BCUT2D eigenvalue weighted by Gasteiger charge is -2.34. The molecule has 1 amide bonds. The normalized spacial score (nSPS) is 15.0. The number of halogens is 3. The Hall–Kier alpha value is -4.37. The molecule has 2 heterocycles. The summed E-state index contributed by atoms with van der Waals surface area (Å²) in [6.45, 7) is 6.94. The minimum atomic E-state index is -0.710. The van der Waals surface area contributed by atoms with Crippen LogP contribution in [0.25, 0.3) is 11.5 Å². The summed E-state index contributed by atoms with van der Waals surface area (Å²) >= 11 is 12.3. The summed E-state index contributed by atoms with van der Waals surface area (Å²) in [7, 11) is 0. The van der Waals surface area contributed by atoms with Gasteiger partial charge in [-0.05, 0) is 69.3 Å². The molecule has 0 spiro atoms. The van der Waals surface area contributed by atoms with Crippen molar-refractivity contribution in [2.45, 2.75) is 38.9 Å². The molecule has 3 aromatic carbocycles. The van der Waals surface area contributed by atoms with E-state index in [1.165, 1.54) is 30.3 Å². The maximum atomic E-state index is 15.4. The van der Waals surface area contributed by atoms with E-state index in [-0.39, 0.29) is 69.7 Å². The van der Waals surface area contributed by atoms with Gasteiger partial charge in [-0.15, -0.1) is 10.2 Å². The average molecular weight is 656 g/mol. The first-order valence-electron chi connectivity index (χ1n) is 14.0. The van der Waals surface area contributed by atoms with Gasteiger partial charge in [0, 0.05) is 22.7 Å². The van der Waals surface area contributed by atoms with Gasteiger partial charge in [0.05, 0.1) is 36.2 Å². The molecule has 1 atom stereocenters. The minimum Gasteiger partial charge on any atom is -0.491 e. The molecule has 0 N–H and O–H groups in total. The van der Waals surface area contributed by atoms with Crippen molar-refractivity contribution in [3.63, 3.8) is 0 Å². The van der Waals surface area contributed by atoms with Crippen LogP contribution in [0.4, 0.5) is 9.18 Å². The Morgan fingerprint density at radius 3 is 2.62 bits per heavy atom. The molecular formula is C32H29Cl2FN4O6. The predicted molar refractivity (Wildman–Crippen MR) is 163 cm³/mol. The van der Waals surface area contributed by atoms with Gasteiger partial charge in [0.25, 0.3) is 0 Å². The van der Waals surface area contributed by atoms with E-state index in [1.807, 2.05) is 26.8 Å². The van der Waals surface area contributed by atoms with Crippen LogP contribution in [0, 0.1) is 17.1 Å². The Bertz CT molecular complexity index is 1720. The van der Waals surface area contributed by atoms with E-state index in [1.54, 1.807) is 29.2 Å². The first kappa shape index (κ1) is 32.0. The van der Waals surface area contributed by atoms with Crippen molar-refractivity contribution >= 4 is 29.3 Å². The van der Waals surface area contributed by atoms with Gasteiger partial charge in [-0.25, -0.2) is 9.18 Å². The molecule has 0 bridgehead atoms. The van der Waals surface area contributed by atoms with E-state index < -0.39 is 11.4 Å². The van der Waals surface area contributed by atoms with Crippen LogP contribution in [0.15, 0.2) is 59.0 Å². The fourth-order valence-electron chi connectivity index (χ4n) is 4.41. The van der Waals surface area contributed by atoms with E-state index in [0.29, 0.717) is 31.0 Å². The Balaban J connectivity index is 1.19. The Morgan fingerprint density at radius 1 is 1.11 bits per heavy atom. The third-order valence-corrected chi connectivity index (χ3v) is 7.00. The maximum absolute atomic E-state index is 15.4. The average Bonchev–Trinajstić information content (AvgIpc) is 3.47. The molecule has 1 fully saturated rings. The molecule has 1 saturated heterocycles. The van der Waals surface area contributed by atoms with Gasteiger partial charge in [-0.1, -0.05) is 29.3 Å². The van der Waals surface area contributed by atoms with Crippen LogP contribution in [-0.4, -0.2) is 59.2 Å². The molecule has 234 valence electrons. The fourth-order valence-corrected chi connectivity index (χ4v) is 4.82. The lowest BCUT2D eigenvalue weighted by atomic mass is 10.1. The summed E-state index contributed by atoms with van der Waals surface area (Å²) in [5.41, 5.74) is 0.537. The van der Waals surface area contributed by atoms with Gasteiger partial charge < -0.3 is 28.3 Å². The zero-order valence-electron chi connectivity index (χ0n) is 24.7. The highest BCUT2D eigenvalue weighted by atomic mass is 35.5. The molecule has 0 aliphatic carbocycles. The summed E-state index contributed by atoms with van der Waals surface area (Å²) < 4.78 is 44.0. The summed E-state index contributed by atoms with van der Waals surface area (Å²) in [6.07, 6.45) is -0.697. The Morgan fingerprint density at radius 2 is 1.89 bits per heavy atom. The van der Waals surface area contributed by atoms with E-state index in [2.05, 4.69) is 10.2 Å². The van der Waals surface area contributed by atoms with Crippen molar-refractivity contribution in [3.8, 4) is 34.8 Å². The van der Waals surface area contributed by atoms with Crippen LogP contribution >= 0.6 is 23.2 Å². The molecule has 10 nitrogen and oxygen atoms in total. The predicted octanol–water partition coefficient (Wildman–Crippen LogP) is 7.45. The van der Waals surface area contributed by atoms with Gasteiger partial charge >= 0.3 is 6.09 Å². The smallest absolute Gasteiger partial charge is 0.410 e. The van der Waals surface area contributed by atoms with Crippen molar-refractivity contribution in [2.24, 2.45) is 0 Å². The SMILES string of the molecule is CC(C)(C)OC(=O)N1CCO[C@@H](COc2ccc(-c3nnc(Cc4ccc(Cl)c(Oc5cc(Cl)cc(C#N)c5)c4F)o3)cc2)C1. The first-order valence-corrected chi connectivity index (χ1v) is 14.7. The van der Waals surface area contributed by atoms with Crippen molar-refractivity contribution in [1.82, 2.24) is 15.1 Å². The standard InChI is InChI=1S/C32H29Cl2FN4O6/c1-32(2,3)45-31(40)39-10-11-41-25(17-39)18-42-23-7-4-20(5-8-23)30-38-37-27(44-30)14-21-6-9-26(34)29(28(21)35)43-24-13-19(16-36)12-22(33)15-24/h4-9,12-13,15,25H,10-11,14,17-18H2,1-3H3/t25-/m1/s1. The van der Waals surface area contributed by atoms with Crippen LogP contribution in [0.3, 0.4) is 0 Å². The van der Waals surface area contributed by atoms with Gasteiger partial charge in [0.1, 0.15) is 29.8 Å². The molecule has 4 aromatic rings. The number of nitriles is 1. The number of benzene rings is 3. The van der Waals surface area contributed by atoms with E-state index in [9.17, 15) is 10.1 Å². The molecule has 1 aliphatic rings. The molecule has 13 heteroatoms. The molecule has 0 unspecified atom stereocenters. The number of amides is 1. The molecule has 0 saturated carbocycles. The summed E-state index contributed by atoms with van der Waals surface area (Å²) in [6, 6.07) is 16.3. The maximum Gasteiger partial charge on any atom is 0.410 e. The van der Waals surface area contributed by atoms with E-state index in [0.717, 1.165) is 0 Å². The van der Waals surface area contributed by atoms with Crippen molar-refractivity contribution in [2.75, 3.05) is 26.3 Å². The van der Waals surface area contributed by atoms with Crippen molar-refractivity contribution in [3.05, 3.63) is 87.5 Å². The fraction of sp³-hybridized carbons (Fsp3) is 0.312. The molecule has 1 aliphatic heterocycles. The molecular weight excluding hydrogens is 626 g/mol. The van der Waals surface area contributed by atoms with E-state index in [4.69, 9.17) is 46.6 Å². The number of aromatic nitrogens is 2. The number of hydrogen-bond donors (Lipinski definition) is 0. The number of rotatable bonds is 8. The summed E-state index contributed by atoms with van der Waals surface area (Å²) in [5.74, 6) is 0.252. The second-order valence-corrected chi connectivity index (χ2v) is 12.0. The van der Waals surface area contributed by atoms with Crippen LogP contribution in [0.1, 0.15) is 37.8 Å².